The molecule has 2 nitrogen and oxygen atoms in total. The van der Waals surface area contributed by atoms with Gasteiger partial charge in [0.2, 0.25) is 0 Å². The molecule has 0 radical (unpaired) electrons. The number of nitrogens with zero attached hydrogens (tertiary/aromatic N) is 1. The van der Waals surface area contributed by atoms with Crippen LogP contribution in [0.3, 0.4) is 0 Å². The van der Waals surface area contributed by atoms with Crippen LogP contribution in [0, 0.1) is 23.0 Å². The number of benzene rings is 3. The molecule has 0 aliphatic heterocycles. The first-order valence-electron chi connectivity index (χ1n) is 8.81. The van der Waals surface area contributed by atoms with Gasteiger partial charge in [0.25, 0.3) is 0 Å². The molecule has 136 valence electrons. The summed E-state index contributed by atoms with van der Waals surface area (Å²) in [5, 5.41) is 18.9. The van der Waals surface area contributed by atoms with Crippen molar-refractivity contribution in [3.05, 3.63) is 88.5 Å². The summed E-state index contributed by atoms with van der Waals surface area (Å²) in [7, 11) is 0. The van der Waals surface area contributed by atoms with Gasteiger partial charge in [-0.05, 0) is 48.1 Å². The molecule has 1 N–H and O–H groups in total. The van der Waals surface area contributed by atoms with Gasteiger partial charge in [-0.15, -0.1) is 0 Å². The molecule has 0 spiro atoms. The molecule has 3 aromatic rings. The fraction of sp³-hybridized carbons (Fsp3) is 0.174. The van der Waals surface area contributed by atoms with Gasteiger partial charge in [0.05, 0.1) is 17.2 Å². The smallest absolute Gasteiger partial charge is 0.140 e. The molecular weight excluding hydrogens is 344 g/mol. The van der Waals surface area contributed by atoms with Gasteiger partial charge in [-0.25, -0.2) is 8.78 Å². The molecule has 0 bridgehead atoms. The Hall–Kier alpha value is -3.19. The molecule has 0 aromatic heterocycles. The van der Waals surface area contributed by atoms with Crippen molar-refractivity contribution in [2.45, 2.75) is 26.2 Å². The van der Waals surface area contributed by atoms with Gasteiger partial charge in [-0.1, -0.05) is 43.3 Å². The van der Waals surface area contributed by atoms with E-state index in [0.717, 1.165) is 23.6 Å². The zero-order valence-electron chi connectivity index (χ0n) is 15.0. The number of phenols is 1. The highest BCUT2D eigenvalue weighted by molar-refractivity contribution is 5.72. The van der Waals surface area contributed by atoms with E-state index in [-0.39, 0.29) is 17.5 Å². The molecule has 4 heteroatoms. The summed E-state index contributed by atoms with van der Waals surface area (Å²) in [6, 6.07) is 17.1. The number of hydrogen-bond donors (Lipinski definition) is 1. The topological polar surface area (TPSA) is 44.0 Å². The number of nitriles is 1. The van der Waals surface area contributed by atoms with Gasteiger partial charge in [0.15, 0.2) is 0 Å². The van der Waals surface area contributed by atoms with Crippen molar-refractivity contribution in [2.24, 2.45) is 0 Å². The van der Waals surface area contributed by atoms with Crippen LogP contribution in [0.25, 0.3) is 11.1 Å². The molecule has 0 heterocycles. The van der Waals surface area contributed by atoms with Crippen LogP contribution in [0.5, 0.6) is 5.75 Å². The number of aromatic hydroxyl groups is 1. The fourth-order valence-corrected chi connectivity index (χ4v) is 3.07. The third-order valence-corrected chi connectivity index (χ3v) is 4.69. The summed E-state index contributed by atoms with van der Waals surface area (Å²) in [5.74, 6) is -1.89. The zero-order chi connectivity index (χ0) is 19.4. The van der Waals surface area contributed by atoms with E-state index in [2.05, 4.69) is 0 Å². The van der Waals surface area contributed by atoms with Gasteiger partial charge in [0.1, 0.15) is 17.4 Å². The Morgan fingerprint density at radius 1 is 0.926 bits per heavy atom. The van der Waals surface area contributed by atoms with E-state index in [4.69, 9.17) is 5.26 Å². The molecule has 0 unspecified atom stereocenters. The number of rotatable bonds is 5. The van der Waals surface area contributed by atoms with E-state index in [0.29, 0.717) is 17.5 Å². The Morgan fingerprint density at radius 3 is 2.15 bits per heavy atom. The normalized spacial score (nSPS) is 10.6. The van der Waals surface area contributed by atoms with Crippen LogP contribution in [-0.4, -0.2) is 5.11 Å². The number of hydrogen-bond acceptors (Lipinski definition) is 2. The predicted octanol–water partition coefficient (Wildman–Crippen LogP) is 5.56. The van der Waals surface area contributed by atoms with E-state index in [1.807, 2.05) is 25.1 Å². The summed E-state index contributed by atoms with van der Waals surface area (Å²) >= 11 is 0. The Bertz CT molecular complexity index is 987. The van der Waals surface area contributed by atoms with Gasteiger partial charge < -0.3 is 5.11 Å². The van der Waals surface area contributed by atoms with Crippen molar-refractivity contribution in [1.82, 2.24) is 0 Å². The minimum Gasteiger partial charge on any atom is -0.507 e. The predicted molar refractivity (Wildman–Crippen MR) is 101 cm³/mol. The highest BCUT2D eigenvalue weighted by atomic mass is 19.1. The SMILES string of the molecule is CCc1ccc(-c2c(O)cc(F)c(CCc3ccc(C#N)cc3)c2F)cc1. The average molecular weight is 363 g/mol. The van der Waals surface area contributed by atoms with Crippen LogP contribution in [0.2, 0.25) is 0 Å². The van der Waals surface area contributed by atoms with E-state index in [1.54, 1.807) is 36.4 Å². The zero-order valence-corrected chi connectivity index (χ0v) is 15.0. The largest absolute Gasteiger partial charge is 0.507 e. The number of halogens is 2. The molecule has 0 saturated carbocycles. The maximum Gasteiger partial charge on any atom is 0.140 e. The summed E-state index contributed by atoms with van der Waals surface area (Å²) in [6.07, 6.45) is 1.44. The Kier molecular flexibility index (Phi) is 5.52. The minimum atomic E-state index is -0.757. The van der Waals surface area contributed by atoms with Crippen LogP contribution in [0.4, 0.5) is 8.78 Å². The quantitative estimate of drug-likeness (QED) is 0.645. The van der Waals surface area contributed by atoms with E-state index in [9.17, 15) is 9.50 Å². The van der Waals surface area contributed by atoms with Crippen molar-refractivity contribution >= 4 is 0 Å². The molecule has 0 amide bonds. The van der Waals surface area contributed by atoms with Gasteiger partial charge in [0, 0.05) is 11.6 Å². The second-order valence-electron chi connectivity index (χ2n) is 6.40. The summed E-state index contributed by atoms with van der Waals surface area (Å²) < 4.78 is 29.3. The second-order valence-corrected chi connectivity index (χ2v) is 6.40. The van der Waals surface area contributed by atoms with Crippen molar-refractivity contribution < 1.29 is 13.9 Å². The average Bonchev–Trinajstić information content (AvgIpc) is 2.68. The Balaban J connectivity index is 1.91. The second kappa shape index (κ2) is 8.01. The lowest BCUT2D eigenvalue weighted by Gasteiger charge is -2.13. The first-order chi connectivity index (χ1) is 13.0. The Morgan fingerprint density at radius 2 is 1.56 bits per heavy atom. The van der Waals surface area contributed by atoms with E-state index >= 15 is 4.39 Å². The lowest BCUT2D eigenvalue weighted by Crippen LogP contribution is -2.02. The van der Waals surface area contributed by atoms with Crippen molar-refractivity contribution in [3.63, 3.8) is 0 Å². The standard InChI is InChI=1S/C23H19F2NO/c1-2-15-7-10-18(11-8-15)22-21(27)13-20(24)19(23(22)25)12-9-16-3-5-17(14-26)6-4-16/h3-8,10-11,13,27H,2,9,12H2,1H3. The van der Waals surface area contributed by atoms with Crippen LogP contribution in [0.1, 0.15) is 29.2 Å². The molecule has 0 fully saturated rings. The third-order valence-electron chi connectivity index (χ3n) is 4.69. The lowest BCUT2D eigenvalue weighted by molar-refractivity contribution is 0.459. The first-order valence-corrected chi connectivity index (χ1v) is 8.81. The fourth-order valence-electron chi connectivity index (χ4n) is 3.07. The maximum absolute atomic E-state index is 15.0. The summed E-state index contributed by atoms with van der Waals surface area (Å²) in [6.45, 7) is 2.02. The molecule has 3 aromatic carbocycles. The van der Waals surface area contributed by atoms with Crippen LogP contribution in [-0.2, 0) is 19.3 Å². The van der Waals surface area contributed by atoms with E-state index in [1.165, 1.54) is 0 Å². The van der Waals surface area contributed by atoms with Gasteiger partial charge >= 0.3 is 0 Å². The third kappa shape index (κ3) is 3.98. The van der Waals surface area contributed by atoms with Crippen LogP contribution < -0.4 is 0 Å². The number of phenolic OH excluding ortho intramolecular Hbond substituents is 1. The first kappa shape index (κ1) is 18.6. The Labute approximate surface area is 157 Å². The molecule has 0 saturated heterocycles. The van der Waals surface area contributed by atoms with Gasteiger partial charge in [-0.2, -0.15) is 5.26 Å². The molecule has 0 aliphatic carbocycles. The highest BCUT2D eigenvalue weighted by Crippen LogP contribution is 2.35. The molecule has 0 aliphatic rings. The molecule has 27 heavy (non-hydrogen) atoms. The number of aryl methyl sites for hydroxylation is 2. The lowest BCUT2D eigenvalue weighted by atomic mass is 9.96. The minimum absolute atomic E-state index is 0.0221. The molecule has 0 atom stereocenters. The molecule has 3 rings (SSSR count). The monoisotopic (exact) mass is 363 g/mol. The van der Waals surface area contributed by atoms with E-state index < -0.39 is 17.4 Å². The summed E-state index contributed by atoms with van der Waals surface area (Å²) in [5.41, 5.74) is 3.01. The van der Waals surface area contributed by atoms with Crippen molar-refractivity contribution in [2.75, 3.05) is 0 Å². The van der Waals surface area contributed by atoms with Crippen LogP contribution in [0.15, 0.2) is 54.6 Å². The maximum atomic E-state index is 15.0. The highest BCUT2D eigenvalue weighted by Gasteiger charge is 2.19. The van der Waals surface area contributed by atoms with Crippen molar-refractivity contribution in [1.29, 1.82) is 5.26 Å². The van der Waals surface area contributed by atoms with Crippen molar-refractivity contribution in [3.8, 4) is 22.9 Å². The van der Waals surface area contributed by atoms with Gasteiger partial charge in [-0.3, -0.25) is 0 Å². The summed E-state index contributed by atoms with van der Waals surface area (Å²) in [4.78, 5) is 0. The van der Waals surface area contributed by atoms with Crippen LogP contribution >= 0.6 is 0 Å². The molecular formula is C23H19F2NO.